The number of alkyl halides is 3. The molecule has 1 rings (SSSR count). The van der Waals surface area contributed by atoms with Crippen molar-refractivity contribution in [2.24, 2.45) is 0 Å². The van der Waals surface area contributed by atoms with Crippen LogP contribution in [0.3, 0.4) is 0 Å². The molecule has 0 bridgehead atoms. The van der Waals surface area contributed by atoms with Gasteiger partial charge in [-0.25, -0.2) is 4.79 Å². The van der Waals surface area contributed by atoms with E-state index in [4.69, 9.17) is 23.7 Å². The molecule has 1 heterocycles. The van der Waals surface area contributed by atoms with Crippen LogP contribution in [0.2, 0.25) is 0 Å². The molecule has 0 aromatic heterocycles. The van der Waals surface area contributed by atoms with Gasteiger partial charge in [-0.15, -0.1) is 0 Å². The van der Waals surface area contributed by atoms with Gasteiger partial charge in [0.2, 0.25) is 5.76 Å². The molecule has 13 nitrogen and oxygen atoms in total. The van der Waals surface area contributed by atoms with E-state index >= 15 is 0 Å². The minimum Gasteiger partial charge on any atom is -0.477 e. The van der Waals surface area contributed by atoms with Gasteiger partial charge in [0.05, 0.1) is 0 Å². The van der Waals surface area contributed by atoms with Gasteiger partial charge in [0.15, 0.2) is 18.3 Å². The number of carboxylic acids is 1. The molecule has 1 amide bonds. The summed E-state index contributed by atoms with van der Waals surface area (Å²) in [7, 11) is 0. The highest BCUT2D eigenvalue weighted by atomic mass is 19.4. The van der Waals surface area contributed by atoms with Crippen molar-refractivity contribution < 1.29 is 70.7 Å². The van der Waals surface area contributed by atoms with Crippen molar-refractivity contribution >= 4 is 35.8 Å². The monoisotopic (exact) mass is 513 g/mol. The standard InChI is InChI=1S/C19H22F3NO12/c1-7(24)31-6-13(33-9(3)26)15(34-10(4)27)16-14(23-18(30)19(20,21)22)11(32-8(2)25)5-12(35-16)17(28)29/h5,11,13-16H,6H2,1-4H3,(H,23,30)(H,28,29)/t11-,13+,14+,15+,16+/m0/s1. The molecule has 35 heavy (non-hydrogen) atoms. The number of esters is 4. The fourth-order valence-electron chi connectivity index (χ4n) is 2.94. The van der Waals surface area contributed by atoms with E-state index in [0.717, 1.165) is 27.7 Å². The Hall–Kier alpha value is -3.85. The summed E-state index contributed by atoms with van der Waals surface area (Å²) in [6, 6.07) is -2.02. The van der Waals surface area contributed by atoms with Crippen molar-refractivity contribution in [1.82, 2.24) is 5.32 Å². The second-order valence-electron chi connectivity index (χ2n) is 7.01. The Morgan fingerprint density at radius 3 is 2.00 bits per heavy atom. The summed E-state index contributed by atoms with van der Waals surface area (Å²) in [6.45, 7) is 2.77. The highest BCUT2D eigenvalue weighted by Crippen LogP contribution is 2.29. The molecular weight excluding hydrogens is 491 g/mol. The van der Waals surface area contributed by atoms with Crippen molar-refractivity contribution in [1.29, 1.82) is 0 Å². The molecule has 0 aliphatic carbocycles. The van der Waals surface area contributed by atoms with E-state index in [1.54, 1.807) is 0 Å². The molecule has 196 valence electrons. The van der Waals surface area contributed by atoms with Gasteiger partial charge < -0.3 is 34.1 Å². The van der Waals surface area contributed by atoms with Gasteiger partial charge in [-0.3, -0.25) is 24.0 Å². The predicted molar refractivity (Wildman–Crippen MR) is 102 cm³/mol. The number of carbonyl (C=O) groups excluding carboxylic acids is 5. The molecule has 0 unspecified atom stereocenters. The van der Waals surface area contributed by atoms with Gasteiger partial charge >= 0.3 is 41.9 Å². The molecule has 0 fully saturated rings. The zero-order valence-electron chi connectivity index (χ0n) is 18.7. The van der Waals surface area contributed by atoms with Crippen molar-refractivity contribution in [3.63, 3.8) is 0 Å². The van der Waals surface area contributed by atoms with Gasteiger partial charge in [0, 0.05) is 33.8 Å². The number of hydrogen-bond acceptors (Lipinski definition) is 11. The van der Waals surface area contributed by atoms with Crippen LogP contribution in [-0.2, 0) is 52.5 Å². The Bertz CT molecular complexity index is 900. The normalized spacial score (nSPS) is 21.2. The SMILES string of the molecule is CC(=O)OC[C@@H](OC(C)=O)[C@@H](OC(C)=O)[C@@H]1OC(C(=O)O)=C[C@H](OC(C)=O)[C@H]1NC(=O)C(F)(F)F. The molecular formula is C19H22F3NO12. The highest BCUT2D eigenvalue weighted by Gasteiger charge is 2.51. The number of amides is 1. The Kier molecular flexibility index (Phi) is 10.0. The zero-order chi connectivity index (χ0) is 27.1. The lowest BCUT2D eigenvalue weighted by molar-refractivity contribution is -0.195. The van der Waals surface area contributed by atoms with Crippen LogP contribution in [0, 0.1) is 0 Å². The van der Waals surface area contributed by atoms with Gasteiger partial charge in [-0.1, -0.05) is 0 Å². The summed E-state index contributed by atoms with van der Waals surface area (Å²) >= 11 is 0. The maximum absolute atomic E-state index is 13.0. The van der Waals surface area contributed by atoms with Crippen LogP contribution in [0.1, 0.15) is 27.7 Å². The topological polar surface area (TPSA) is 181 Å². The number of halogens is 3. The first-order chi connectivity index (χ1) is 16.0. The van der Waals surface area contributed by atoms with Crippen LogP contribution < -0.4 is 5.32 Å². The molecule has 2 N–H and O–H groups in total. The van der Waals surface area contributed by atoms with Crippen molar-refractivity contribution in [2.75, 3.05) is 6.61 Å². The summed E-state index contributed by atoms with van der Waals surface area (Å²) < 4.78 is 63.8. The number of nitrogens with one attached hydrogen (secondary N) is 1. The van der Waals surface area contributed by atoms with Gasteiger partial charge in [-0.2, -0.15) is 13.2 Å². The Morgan fingerprint density at radius 1 is 1.00 bits per heavy atom. The van der Waals surface area contributed by atoms with Crippen LogP contribution in [0.25, 0.3) is 0 Å². The lowest BCUT2D eigenvalue weighted by Crippen LogP contribution is -2.63. The smallest absolute Gasteiger partial charge is 0.471 e. The van der Waals surface area contributed by atoms with Crippen molar-refractivity contribution in [3.8, 4) is 0 Å². The third kappa shape index (κ3) is 9.13. The fraction of sp³-hybridized carbons (Fsp3) is 0.579. The highest BCUT2D eigenvalue weighted by molar-refractivity contribution is 5.85. The van der Waals surface area contributed by atoms with Crippen LogP contribution in [0.15, 0.2) is 11.8 Å². The molecule has 1 aliphatic rings. The number of aliphatic carboxylic acids is 1. The number of rotatable bonds is 9. The van der Waals surface area contributed by atoms with Crippen molar-refractivity contribution in [3.05, 3.63) is 11.8 Å². The second-order valence-corrected chi connectivity index (χ2v) is 7.01. The largest absolute Gasteiger partial charge is 0.477 e. The summed E-state index contributed by atoms with van der Waals surface area (Å²) in [5.41, 5.74) is 0. The maximum atomic E-state index is 13.0. The molecule has 5 atom stereocenters. The van der Waals surface area contributed by atoms with E-state index in [2.05, 4.69) is 0 Å². The molecule has 0 aromatic carbocycles. The maximum Gasteiger partial charge on any atom is 0.471 e. The minimum atomic E-state index is -5.44. The predicted octanol–water partition coefficient (Wildman–Crippen LogP) is -0.241. The third-order valence-corrected chi connectivity index (χ3v) is 4.12. The molecule has 0 aromatic rings. The molecule has 16 heteroatoms. The summed E-state index contributed by atoms with van der Waals surface area (Å²) in [6.07, 6.45) is -12.5. The first-order valence-corrected chi connectivity index (χ1v) is 9.67. The van der Waals surface area contributed by atoms with Crippen LogP contribution >= 0.6 is 0 Å². The van der Waals surface area contributed by atoms with E-state index < -0.39 is 84.8 Å². The van der Waals surface area contributed by atoms with Crippen LogP contribution in [0.5, 0.6) is 0 Å². The first kappa shape index (κ1) is 29.2. The Morgan fingerprint density at radius 2 is 1.57 bits per heavy atom. The Balaban J connectivity index is 3.66. The molecule has 1 aliphatic heterocycles. The number of carbonyl (C=O) groups is 6. The number of hydrogen-bond donors (Lipinski definition) is 2. The van der Waals surface area contributed by atoms with E-state index in [0.29, 0.717) is 6.08 Å². The first-order valence-electron chi connectivity index (χ1n) is 9.67. The quantitative estimate of drug-likeness (QED) is 0.305. The van der Waals surface area contributed by atoms with Gasteiger partial charge in [0.25, 0.3) is 0 Å². The number of carboxylic acid groups (broad SMARTS) is 1. The van der Waals surface area contributed by atoms with Gasteiger partial charge in [-0.05, 0) is 0 Å². The molecule has 0 saturated carbocycles. The van der Waals surface area contributed by atoms with Gasteiger partial charge in [0.1, 0.15) is 18.8 Å². The summed E-state index contributed by atoms with van der Waals surface area (Å²) in [5, 5.41) is 10.9. The molecule has 0 radical (unpaired) electrons. The minimum absolute atomic E-state index is 0.610. The van der Waals surface area contributed by atoms with E-state index in [-0.39, 0.29) is 0 Å². The molecule has 0 spiro atoms. The average Bonchev–Trinajstić information content (AvgIpc) is 2.68. The van der Waals surface area contributed by atoms with E-state index in [9.17, 15) is 47.0 Å². The third-order valence-electron chi connectivity index (χ3n) is 4.12. The van der Waals surface area contributed by atoms with E-state index in [1.165, 1.54) is 5.32 Å². The average molecular weight is 513 g/mol. The van der Waals surface area contributed by atoms with E-state index in [1.807, 2.05) is 0 Å². The zero-order valence-corrected chi connectivity index (χ0v) is 18.7. The van der Waals surface area contributed by atoms with Crippen LogP contribution in [-0.4, -0.2) is 84.1 Å². The lowest BCUT2D eigenvalue weighted by atomic mass is 9.93. The summed E-state index contributed by atoms with van der Waals surface area (Å²) in [5.74, 6) is -9.34. The number of ether oxygens (including phenoxy) is 5. The van der Waals surface area contributed by atoms with Crippen molar-refractivity contribution in [2.45, 2.75) is 64.3 Å². The Labute approximate surface area is 195 Å². The summed E-state index contributed by atoms with van der Waals surface area (Å²) in [4.78, 5) is 69.5. The van der Waals surface area contributed by atoms with Crippen LogP contribution in [0.4, 0.5) is 13.2 Å². The molecule has 0 saturated heterocycles. The fourth-order valence-corrected chi connectivity index (χ4v) is 2.94. The lowest BCUT2D eigenvalue weighted by Gasteiger charge is -2.41. The second kappa shape index (κ2) is 12.0.